The molecule has 0 saturated carbocycles. The van der Waals surface area contributed by atoms with Crippen molar-refractivity contribution >= 4 is 28.3 Å². The highest BCUT2D eigenvalue weighted by atomic mass is 32.1. The van der Waals surface area contributed by atoms with E-state index < -0.39 is 0 Å². The van der Waals surface area contributed by atoms with Gasteiger partial charge in [-0.25, -0.2) is 9.97 Å². The molecule has 5 nitrogen and oxygen atoms in total. The SMILES string of the molecule is CC(NC(=O)Cc1csc(-c2ccccc2)n1)c1nc2ccccc2n1C(C)C. The molecule has 1 N–H and O–H groups in total. The van der Waals surface area contributed by atoms with Crippen LogP contribution in [0, 0.1) is 0 Å². The van der Waals surface area contributed by atoms with E-state index in [-0.39, 0.29) is 24.4 Å². The second-order valence-corrected chi connectivity index (χ2v) is 8.26. The number of para-hydroxylation sites is 2. The standard InChI is InChI=1S/C23H24N4OS/c1-15(2)27-20-12-8-7-11-19(20)26-22(27)16(3)24-21(28)13-18-14-29-23(25-18)17-9-5-4-6-10-17/h4-12,14-16H,13H2,1-3H3,(H,24,28). The van der Waals surface area contributed by atoms with Crippen molar-refractivity contribution in [1.82, 2.24) is 19.9 Å². The third-order valence-electron chi connectivity index (χ3n) is 4.82. The first kappa shape index (κ1) is 19.3. The summed E-state index contributed by atoms with van der Waals surface area (Å²) in [5, 5.41) is 5.98. The van der Waals surface area contributed by atoms with E-state index in [9.17, 15) is 4.79 Å². The molecule has 2 heterocycles. The number of aromatic nitrogens is 3. The molecule has 4 rings (SSSR count). The molecule has 2 aromatic carbocycles. The van der Waals surface area contributed by atoms with Crippen molar-refractivity contribution in [1.29, 1.82) is 0 Å². The fraction of sp³-hybridized carbons (Fsp3) is 0.261. The van der Waals surface area contributed by atoms with Crippen LogP contribution in [0.5, 0.6) is 0 Å². The third-order valence-corrected chi connectivity index (χ3v) is 5.76. The normalized spacial score (nSPS) is 12.4. The Kier molecular flexibility index (Phi) is 5.45. The first-order valence-corrected chi connectivity index (χ1v) is 10.7. The number of imidazole rings is 1. The lowest BCUT2D eigenvalue weighted by Crippen LogP contribution is -2.30. The number of benzene rings is 2. The topological polar surface area (TPSA) is 59.8 Å². The van der Waals surface area contributed by atoms with E-state index in [0.717, 1.165) is 33.1 Å². The second-order valence-electron chi connectivity index (χ2n) is 7.40. The molecule has 6 heteroatoms. The van der Waals surface area contributed by atoms with Gasteiger partial charge in [0.2, 0.25) is 5.91 Å². The summed E-state index contributed by atoms with van der Waals surface area (Å²) in [5.74, 6) is 0.822. The molecule has 0 spiro atoms. The van der Waals surface area contributed by atoms with Gasteiger partial charge in [-0.2, -0.15) is 0 Å². The number of hydrogen-bond donors (Lipinski definition) is 1. The predicted octanol–water partition coefficient (Wildman–Crippen LogP) is 5.16. The molecule has 1 unspecified atom stereocenters. The third kappa shape index (κ3) is 4.07. The van der Waals surface area contributed by atoms with Gasteiger partial charge in [0.05, 0.1) is 29.2 Å². The average molecular weight is 405 g/mol. The fourth-order valence-corrected chi connectivity index (χ4v) is 4.36. The Balaban J connectivity index is 1.49. The Bertz CT molecular complexity index is 1130. The molecule has 148 valence electrons. The smallest absolute Gasteiger partial charge is 0.226 e. The van der Waals surface area contributed by atoms with Crippen LogP contribution in [-0.2, 0) is 11.2 Å². The maximum Gasteiger partial charge on any atom is 0.226 e. The monoisotopic (exact) mass is 404 g/mol. The van der Waals surface area contributed by atoms with E-state index in [1.807, 2.05) is 60.8 Å². The molecule has 2 aromatic heterocycles. The summed E-state index contributed by atoms with van der Waals surface area (Å²) < 4.78 is 2.19. The lowest BCUT2D eigenvalue weighted by molar-refractivity contribution is -0.121. The summed E-state index contributed by atoms with van der Waals surface area (Å²) in [7, 11) is 0. The molecule has 0 fully saturated rings. The van der Waals surface area contributed by atoms with Crippen molar-refractivity contribution in [3.8, 4) is 10.6 Å². The Morgan fingerprint density at radius 3 is 2.52 bits per heavy atom. The zero-order valence-corrected chi connectivity index (χ0v) is 17.6. The highest BCUT2D eigenvalue weighted by molar-refractivity contribution is 7.13. The number of rotatable bonds is 6. The van der Waals surface area contributed by atoms with Gasteiger partial charge in [0.25, 0.3) is 0 Å². The molecule has 29 heavy (non-hydrogen) atoms. The largest absolute Gasteiger partial charge is 0.346 e. The van der Waals surface area contributed by atoms with Crippen LogP contribution in [-0.4, -0.2) is 20.4 Å². The van der Waals surface area contributed by atoms with E-state index in [1.54, 1.807) is 11.3 Å². The van der Waals surface area contributed by atoms with Crippen LogP contribution in [0.4, 0.5) is 0 Å². The first-order valence-electron chi connectivity index (χ1n) is 9.79. The Morgan fingerprint density at radius 2 is 1.76 bits per heavy atom. The minimum Gasteiger partial charge on any atom is -0.346 e. The average Bonchev–Trinajstić information content (AvgIpc) is 3.33. The van der Waals surface area contributed by atoms with Crippen LogP contribution < -0.4 is 5.32 Å². The Labute approximate surface area is 174 Å². The molecule has 4 aromatic rings. The Hall–Kier alpha value is -2.99. The van der Waals surface area contributed by atoms with Crippen LogP contribution in [0.25, 0.3) is 21.6 Å². The van der Waals surface area contributed by atoms with Gasteiger partial charge < -0.3 is 9.88 Å². The van der Waals surface area contributed by atoms with Crippen LogP contribution in [0.1, 0.15) is 44.4 Å². The van der Waals surface area contributed by atoms with Gasteiger partial charge in [-0.1, -0.05) is 42.5 Å². The first-order chi connectivity index (χ1) is 14.0. The van der Waals surface area contributed by atoms with Gasteiger partial charge >= 0.3 is 0 Å². The highest BCUT2D eigenvalue weighted by Gasteiger charge is 2.20. The van der Waals surface area contributed by atoms with E-state index in [1.165, 1.54) is 0 Å². The van der Waals surface area contributed by atoms with Gasteiger partial charge in [0.15, 0.2) is 0 Å². The summed E-state index contributed by atoms with van der Waals surface area (Å²) in [4.78, 5) is 22.0. The van der Waals surface area contributed by atoms with E-state index in [0.29, 0.717) is 0 Å². The van der Waals surface area contributed by atoms with Gasteiger partial charge in [-0.05, 0) is 32.9 Å². The lowest BCUT2D eigenvalue weighted by atomic mass is 10.2. The summed E-state index contributed by atoms with van der Waals surface area (Å²) >= 11 is 1.56. The minimum absolute atomic E-state index is 0.0511. The maximum absolute atomic E-state index is 12.7. The molecule has 0 saturated heterocycles. The van der Waals surface area contributed by atoms with Gasteiger partial charge in [-0.3, -0.25) is 4.79 Å². The maximum atomic E-state index is 12.7. The summed E-state index contributed by atoms with van der Waals surface area (Å²) in [6.07, 6.45) is 0.260. The van der Waals surface area contributed by atoms with E-state index in [4.69, 9.17) is 4.98 Å². The van der Waals surface area contributed by atoms with Crippen LogP contribution in [0.3, 0.4) is 0 Å². The van der Waals surface area contributed by atoms with Crippen LogP contribution >= 0.6 is 11.3 Å². The number of nitrogens with zero attached hydrogens (tertiary/aromatic N) is 3. The summed E-state index contributed by atoms with van der Waals surface area (Å²) in [6.45, 7) is 6.24. The van der Waals surface area contributed by atoms with Crippen molar-refractivity contribution in [3.63, 3.8) is 0 Å². The Morgan fingerprint density at radius 1 is 1.03 bits per heavy atom. The second kappa shape index (κ2) is 8.17. The molecular formula is C23H24N4OS. The molecule has 0 bridgehead atoms. The van der Waals surface area contributed by atoms with Crippen molar-refractivity contribution in [3.05, 3.63) is 71.5 Å². The number of carbonyl (C=O) groups excluding carboxylic acids is 1. The van der Waals surface area contributed by atoms with Crippen molar-refractivity contribution in [2.24, 2.45) is 0 Å². The number of thiazole rings is 1. The number of hydrogen-bond acceptors (Lipinski definition) is 4. The molecule has 0 aliphatic heterocycles. The summed E-state index contributed by atoms with van der Waals surface area (Å²) in [6, 6.07) is 18.2. The van der Waals surface area contributed by atoms with Gasteiger partial charge in [0, 0.05) is 17.0 Å². The molecule has 1 atom stereocenters. The van der Waals surface area contributed by atoms with Crippen molar-refractivity contribution in [2.75, 3.05) is 0 Å². The van der Waals surface area contributed by atoms with Gasteiger partial charge in [-0.15, -0.1) is 11.3 Å². The van der Waals surface area contributed by atoms with Crippen LogP contribution in [0.15, 0.2) is 60.0 Å². The number of fused-ring (bicyclic) bond motifs is 1. The van der Waals surface area contributed by atoms with E-state index >= 15 is 0 Å². The predicted molar refractivity (Wildman–Crippen MR) is 118 cm³/mol. The lowest BCUT2D eigenvalue weighted by Gasteiger charge is -2.18. The molecule has 0 radical (unpaired) electrons. The molecule has 1 amide bonds. The summed E-state index contributed by atoms with van der Waals surface area (Å²) in [5.41, 5.74) is 3.90. The van der Waals surface area contributed by atoms with Crippen molar-refractivity contribution in [2.45, 2.75) is 39.3 Å². The van der Waals surface area contributed by atoms with Gasteiger partial charge in [0.1, 0.15) is 10.8 Å². The number of nitrogens with one attached hydrogen (secondary N) is 1. The molecular weight excluding hydrogens is 380 g/mol. The zero-order valence-electron chi connectivity index (χ0n) is 16.8. The number of carbonyl (C=O) groups is 1. The zero-order chi connectivity index (χ0) is 20.4. The fourth-order valence-electron chi connectivity index (χ4n) is 3.53. The minimum atomic E-state index is -0.190. The highest BCUT2D eigenvalue weighted by Crippen LogP contribution is 2.26. The number of amides is 1. The van der Waals surface area contributed by atoms with Crippen molar-refractivity contribution < 1.29 is 4.79 Å². The quantitative estimate of drug-likeness (QED) is 0.483. The molecule has 0 aliphatic carbocycles. The van der Waals surface area contributed by atoms with Crippen LogP contribution in [0.2, 0.25) is 0 Å². The molecule has 0 aliphatic rings. The van der Waals surface area contributed by atoms with E-state index in [2.05, 4.69) is 34.8 Å².